The molecule has 1 aromatic carbocycles. The van der Waals surface area contributed by atoms with Crippen LogP contribution in [0.15, 0.2) is 29.2 Å². The highest BCUT2D eigenvalue weighted by Gasteiger charge is 2.32. The van der Waals surface area contributed by atoms with Crippen molar-refractivity contribution >= 4 is 16.9 Å². The van der Waals surface area contributed by atoms with Crippen LogP contribution in [0, 0.1) is 6.92 Å². The van der Waals surface area contributed by atoms with Crippen molar-refractivity contribution in [3.8, 4) is 0 Å². The van der Waals surface area contributed by atoms with E-state index >= 15 is 0 Å². The predicted octanol–water partition coefficient (Wildman–Crippen LogP) is 1.93. The summed E-state index contributed by atoms with van der Waals surface area (Å²) >= 11 is 0. The number of carbonyl (C=O) groups excluding carboxylic acids is 1. The van der Waals surface area contributed by atoms with Gasteiger partial charge in [0.15, 0.2) is 5.79 Å². The van der Waals surface area contributed by atoms with Crippen molar-refractivity contribution in [3.63, 3.8) is 0 Å². The molecule has 0 radical (unpaired) electrons. The van der Waals surface area contributed by atoms with Crippen LogP contribution in [0.1, 0.15) is 31.7 Å². The van der Waals surface area contributed by atoms with Gasteiger partial charge in [0.25, 0.3) is 0 Å². The van der Waals surface area contributed by atoms with E-state index in [-0.39, 0.29) is 18.4 Å². The van der Waals surface area contributed by atoms with Crippen molar-refractivity contribution in [2.75, 3.05) is 27.4 Å². The minimum Gasteiger partial charge on any atom is -0.348 e. The summed E-state index contributed by atoms with van der Waals surface area (Å²) in [5, 5.41) is 1.17. The summed E-state index contributed by atoms with van der Waals surface area (Å²) in [6.07, 6.45) is 1.34. The molecule has 1 heterocycles. The molecule has 7 nitrogen and oxygen atoms in total. The highest BCUT2D eigenvalue weighted by atomic mass is 32.2. The Morgan fingerprint density at radius 3 is 2.54 bits per heavy atom. The lowest BCUT2D eigenvalue weighted by atomic mass is 10.0. The van der Waals surface area contributed by atoms with E-state index in [1.165, 1.54) is 12.2 Å². The monoisotopic (exact) mass is 384 g/mol. The number of hydrogen-bond donors (Lipinski definition) is 1. The van der Waals surface area contributed by atoms with Crippen molar-refractivity contribution in [2.45, 2.75) is 49.8 Å². The van der Waals surface area contributed by atoms with Crippen molar-refractivity contribution in [1.29, 1.82) is 0 Å². The lowest BCUT2D eigenvalue weighted by molar-refractivity contribution is -0.169. The summed E-state index contributed by atoms with van der Waals surface area (Å²) < 4.78 is 26.9. The number of benzene rings is 1. The van der Waals surface area contributed by atoms with Crippen molar-refractivity contribution < 1.29 is 23.3 Å². The molecule has 1 aliphatic rings. The zero-order valence-corrected chi connectivity index (χ0v) is 16.6. The molecule has 1 aromatic rings. The molecule has 1 aliphatic heterocycles. The van der Waals surface area contributed by atoms with Gasteiger partial charge in [-0.25, -0.2) is 14.0 Å². The predicted molar refractivity (Wildman–Crippen MR) is 98.5 cm³/mol. The number of hydrogen-bond acceptors (Lipinski definition) is 5. The van der Waals surface area contributed by atoms with Gasteiger partial charge in [-0.3, -0.25) is 9.63 Å². The van der Waals surface area contributed by atoms with E-state index in [1.807, 2.05) is 38.1 Å². The highest BCUT2D eigenvalue weighted by molar-refractivity contribution is 7.83. The largest absolute Gasteiger partial charge is 0.348 e. The van der Waals surface area contributed by atoms with Crippen molar-refractivity contribution in [2.24, 2.45) is 0 Å². The van der Waals surface area contributed by atoms with E-state index in [9.17, 15) is 9.00 Å². The van der Waals surface area contributed by atoms with Crippen LogP contribution in [0.25, 0.3) is 0 Å². The van der Waals surface area contributed by atoms with Gasteiger partial charge in [0.05, 0.1) is 25.2 Å². The molecule has 2 rings (SSSR count). The maximum atomic E-state index is 12.6. The molecule has 0 spiro atoms. The van der Waals surface area contributed by atoms with Crippen LogP contribution in [-0.2, 0) is 30.1 Å². The second kappa shape index (κ2) is 9.57. The maximum Gasteiger partial charge on any atom is 0.247 e. The summed E-state index contributed by atoms with van der Waals surface area (Å²) in [5.41, 5.74) is 1.10. The van der Waals surface area contributed by atoms with Gasteiger partial charge in [-0.2, -0.15) is 0 Å². The Morgan fingerprint density at radius 1 is 1.35 bits per heavy atom. The fourth-order valence-corrected chi connectivity index (χ4v) is 3.69. The van der Waals surface area contributed by atoms with E-state index in [0.717, 1.165) is 5.56 Å². The third-order valence-corrected chi connectivity index (χ3v) is 5.65. The SMILES string of the molecule is CON(C)C(=O)C[C@H](CCC1(C)OCCO1)NS(=O)c1ccc(C)cc1. The molecule has 0 aliphatic carbocycles. The first-order chi connectivity index (χ1) is 12.3. The van der Waals surface area contributed by atoms with Gasteiger partial charge >= 0.3 is 0 Å². The third-order valence-electron chi connectivity index (χ3n) is 4.40. The van der Waals surface area contributed by atoms with Crippen molar-refractivity contribution in [3.05, 3.63) is 29.8 Å². The highest BCUT2D eigenvalue weighted by Crippen LogP contribution is 2.25. The lowest BCUT2D eigenvalue weighted by Crippen LogP contribution is -2.39. The number of nitrogens with zero attached hydrogens (tertiary/aromatic N) is 1. The molecule has 1 N–H and O–H groups in total. The van der Waals surface area contributed by atoms with Crippen LogP contribution >= 0.6 is 0 Å². The number of carbonyl (C=O) groups is 1. The quantitative estimate of drug-likeness (QED) is 0.659. The fourth-order valence-electron chi connectivity index (χ4n) is 2.66. The molecule has 0 saturated carbocycles. The Morgan fingerprint density at radius 2 is 1.96 bits per heavy atom. The van der Waals surface area contributed by atoms with Gasteiger partial charge in [0.1, 0.15) is 11.0 Å². The van der Waals surface area contributed by atoms with E-state index in [1.54, 1.807) is 7.05 Å². The Bertz CT molecular complexity index is 617. The maximum absolute atomic E-state index is 12.6. The van der Waals surface area contributed by atoms with E-state index in [4.69, 9.17) is 14.3 Å². The Hall–Kier alpha value is -1.32. The van der Waals surface area contributed by atoms with E-state index in [2.05, 4.69) is 4.72 Å². The number of nitrogens with one attached hydrogen (secondary N) is 1. The molecule has 1 saturated heterocycles. The molecular weight excluding hydrogens is 356 g/mol. The number of aryl methyl sites for hydroxylation is 1. The molecular formula is C18H28N2O5S. The second-order valence-electron chi connectivity index (χ2n) is 6.54. The second-order valence-corrected chi connectivity index (χ2v) is 7.79. The molecule has 2 atom stereocenters. The number of ether oxygens (including phenoxy) is 2. The summed E-state index contributed by atoms with van der Waals surface area (Å²) in [4.78, 5) is 17.8. The standard InChI is InChI=1S/C18H28N2O5S/c1-14-5-7-16(8-6-14)26(22)19-15(13-17(21)20(3)23-4)9-10-18(2)24-11-12-25-18/h5-8,15,19H,9-13H2,1-4H3/t15-,26?/m0/s1. The Balaban J connectivity index is 2.02. The average molecular weight is 384 g/mol. The van der Waals surface area contributed by atoms with E-state index < -0.39 is 16.8 Å². The first kappa shape index (κ1) is 21.0. The summed E-state index contributed by atoms with van der Waals surface area (Å²) in [7, 11) is 1.58. The summed E-state index contributed by atoms with van der Waals surface area (Å²) in [6, 6.07) is 7.17. The van der Waals surface area contributed by atoms with Gasteiger partial charge in [-0.15, -0.1) is 0 Å². The molecule has 146 valence electrons. The topological polar surface area (TPSA) is 77.1 Å². The van der Waals surface area contributed by atoms with Gasteiger partial charge in [0, 0.05) is 25.9 Å². The van der Waals surface area contributed by atoms with Crippen LogP contribution in [0.2, 0.25) is 0 Å². The van der Waals surface area contributed by atoms with Gasteiger partial charge in [-0.05, 0) is 32.4 Å². The minimum atomic E-state index is -1.41. The molecule has 8 heteroatoms. The van der Waals surface area contributed by atoms with Crippen molar-refractivity contribution in [1.82, 2.24) is 9.79 Å². The molecule has 26 heavy (non-hydrogen) atoms. The molecule has 1 fully saturated rings. The molecule has 1 unspecified atom stereocenters. The van der Waals surface area contributed by atoms with Crippen LogP contribution in [0.4, 0.5) is 0 Å². The zero-order valence-electron chi connectivity index (χ0n) is 15.8. The third kappa shape index (κ3) is 6.14. The average Bonchev–Trinajstić information content (AvgIpc) is 3.06. The van der Waals surface area contributed by atoms with Crippen LogP contribution in [-0.4, -0.2) is 54.4 Å². The molecule has 0 aromatic heterocycles. The fraction of sp³-hybridized carbons (Fsp3) is 0.611. The minimum absolute atomic E-state index is 0.165. The Labute approximate surface area is 157 Å². The zero-order chi connectivity index (χ0) is 19.2. The number of rotatable bonds is 9. The smallest absolute Gasteiger partial charge is 0.247 e. The van der Waals surface area contributed by atoms with Crippen LogP contribution in [0.3, 0.4) is 0 Å². The lowest BCUT2D eigenvalue weighted by Gasteiger charge is -2.26. The summed E-state index contributed by atoms with van der Waals surface area (Å²) in [5.74, 6) is -0.842. The summed E-state index contributed by atoms with van der Waals surface area (Å²) in [6.45, 7) is 4.99. The molecule has 0 bridgehead atoms. The van der Waals surface area contributed by atoms with Gasteiger partial charge in [-0.1, -0.05) is 17.7 Å². The number of hydroxylamine groups is 2. The first-order valence-corrected chi connectivity index (χ1v) is 9.81. The van der Waals surface area contributed by atoms with Gasteiger partial charge < -0.3 is 9.47 Å². The van der Waals surface area contributed by atoms with Crippen LogP contribution < -0.4 is 4.72 Å². The van der Waals surface area contributed by atoms with Crippen LogP contribution in [0.5, 0.6) is 0 Å². The van der Waals surface area contributed by atoms with E-state index in [0.29, 0.717) is 31.0 Å². The number of amides is 1. The molecule has 1 amide bonds. The Kier molecular flexibility index (Phi) is 7.72. The normalized spacial score (nSPS) is 18.5. The first-order valence-electron chi connectivity index (χ1n) is 8.66. The van der Waals surface area contributed by atoms with Gasteiger partial charge in [0.2, 0.25) is 5.91 Å².